The van der Waals surface area contributed by atoms with Crippen molar-refractivity contribution in [3.8, 4) is 0 Å². The number of hydrogen-bond acceptors (Lipinski definition) is 0. The van der Waals surface area contributed by atoms with Gasteiger partial charge in [-0.05, 0) is 57.3 Å². The smallest absolute Gasteiger partial charge is 0.00194 e. The average Bonchev–Trinajstić information content (AvgIpc) is 2.54. The number of rotatable bonds is 2. The van der Waals surface area contributed by atoms with Crippen LogP contribution >= 0.6 is 0 Å². The van der Waals surface area contributed by atoms with Crippen LogP contribution < -0.4 is 0 Å². The molecule has 0 bridgehead atoms. The summed E-state index contributed by atoms with van der Waals surface area (Å²) in [5.41, 5.74) is 2.57. The van der Waals surface area contributed by atoms with Gasteiger partial charge >= 0.3 is 0 Å². The van der Waals surface area contributed by atoms with Gasteiger partial charge < -0.3 is 0 Å². The third-order valence-electron chi connectivity index (χ3n) is 3.91. The first kappa shape index (κ1) is 12.2. The predicted molar refractivity (Wildman–Crippen MR) is 89.5 cm³/mol. The van der Waals surface area contributed by atoms with Gasteiger partial charge in [-0.1, -0.05) is 66.7 Å². The van der Waals surface area contributed by atoms with Crippen LogP contribution in [0.3, 0.4) is 0 Å². The molecule has 0 nitrogen and oxygen atoms in total. The molecule has 0 heteroatoms. The molecule has 0 saturated carbocycles. The molecule has 0 heterocycles. The second-order valence-corrected chi connectivity index (χ2v) is 5.43. The number of fused-ring (bicyclic) bond motifs is 2. The van der Waals surface area contributed by atoms with E-state index in [1.165, 1.54) is 32.7 Å². The van der Waals surface area contributed by atoms with Crippen LogP contribution in [0.4, 0.5) is 0 Å². The molecule has 0 N–H and O–H groups in total. The van der Waals surface area contributed by atoms with Gasteiger partial charge in [0.05, 0.1) is 0 Å². The molecule has 4 aromatic rings. The van der Waals surface area contributed by atoms with Crippen molar-refractivity contribution in [3.05, 3.63) is 96.1 Å². The molecule has 0 amide bonds. The van der Waals surface area contributed by atoms with Gasteiger partial charge in [0.15, 0.2) is 0 Å². The lowest BCUT2D eigenvalue weighted by Gasteiger charge is -2.06. The summed E-state index contributed by atoms with van der Waals surface area (Å²) >= 11 is 0. The Morgan fingerprint density at radius 2 is 1.33 bits per heavy atom. The Labute approximate surface area is 124 Å². The van der Waals surface area contributed by atoms with Crippen molar-refractivity contribution in [2.24, 2.45) is 0 Å². The number of hydrogen-bond donors (Lipinski definition) is 0. The summed E-state index contributed by atoms with van der Waals surface area (Å²) < 4.78 is 0. The Balaban J connectivity index is 1.80. The molecule has 0 aliphatic rings. The second kappa shape index (κ2) is 5.06. The topological polar surface area (TPSA) is 0 Å². The highest BCUT2D eigenvalue weighted by atomic mass is 14.1. The van der Waals surface area contributed by atoms with Crippen LogP contribution in [0.15, 0.2) is 78.9 Å². The first-order valence-electron chi connectivity index (χ1n) is 7.26. The van der Waals surface area contributed by atoms with Crippen molar-refractivity contribution in [2.75, 3.05) is 0 Å². The third-order valence-corrected chi connectivity index (χ3v) is 3.91. The molecule has 4 aromatic carbocycles. The quantitative estimate of drug-likeness (QED) is 0.427. The Bertz CT molecular complexity index is 905. The highest BCUT2D eigenvalue weighted by Crippen LogP contribution is 2.24. The molecular formula is C21H15. The summed E-state index contributed by atoms with van der Waals surface area (Å²) in [5.74, 6) is 0. The van der Waals surface area contributed by atoms with E-state index in [9.17, 15) is 0 Å². The van der Waals surface area contributed by atoms with Crippen LogP contribution in [-0.4, -0.2) is 0 Å². The standard InChI is InChI=1S/C21H15/c1-2-6-16(7-3-1)12-17-10-11-20-14-18-8-4-5-9-19(18)15-21(20)13-17/h1-11,14-15H,12H2. The van der Waals surface area contributed by atoms with E-state index < -0.39 is 0 Å². The normalized spacial score (nSPS) is 11.0. The Morgan fingerprint density at radius 1 is 0.619 bits per heavy atom. The first-order valence-corrected chi connectivity index (χ1v) is 7.26. The fourth-order valence-corrected chi connectivity index (χ4v) is 2.83. The lowest BCUT2D eigenvalue weighted by molar-refractivity contribution is 1.20. The van der Waals surface area contributed by atoms with E-state index in [4.69, 9.17) is 0 Å². The van der Waals surface area contributed by atoms with Crippen molar-refractivity contribution >= 4 is 21.5 Å². The minimum atomic E-state index is 0.934. The van der Waals surface area contributed by atoms with Crippen molar-refractivity contribution in [3.63, 3.8) is 0 Å². The average molecular weight is 267 g/mol. The second-order valence-electron chi connectivity index (χ2n) is 5.43. The fourth-order valence-electron chi connectivity index (χ4n) is 2.83. The Kier molecular flexibility index (Phi) is 2.93. The van der Waals surface area contributed by atoms with Crippen LogP contribution in [-0.2, 0) is 6.42 Å². The zero-order valence-corrected chi connectivity index (χ0v) is 11.7. The molecule has 0 aliphatic heterocycles. The maximum Gasteiger partial charge on any atom is -0.00194 e. The zero-order chi connectivity index (χ0) is 14.1. The van der Waals surface area contributed by atoms with Gasteiger partial charge in [0, 0.05) is 0 Å². The molecular weight excluding hydrogens is 252 g/mol. The third kappa shape index (κ3) is 2.41. The Morgan fingerprint density at radius 3 is 2.14 bits per heavy atom. The first-order chi connectivity index (χ1) is 10.4. The Hall–Kier alpha value is -2.60. The molecule has 0 saturated heterocycles. The maximum absolute atomic E-state index is 3.57. The van der Waals surface area contributed by atoms with Crippen LogP contribution in [0.5, 0.6) is 0 Å². The van der Waals surface area contributed by atoms with E-state index in [0.29, 0.717) is 0 Å². The minimum Gasteiger partial charge on any atom is -0.0622 e. The van der Waals surface area contributed by atoms with Crippen LogP contribution in [0.1, 0.15) is 11.1 Å². The summed E-state index contributed by atoms with van der Waals surface area (Å²) in [6, 6.07) is 31.5. The van der Waals surface area contributed by atoms with E-state index in [1.807, 2.05) is 0 Å². The zero-order valence-electron chi connectivity index (χ0n) is 11.7. The molecule has 0 unspecified atom stereocenters. The number of benzene rings is 4. The van der Waals surface area contributed by atoms with Gasteiger partial charge in [-0.3, -0.25) is 0 Å². The highest BCUT2D eigenvalue weighted by molar-refractivity contribution is 5.98. The SMILES string of the molecule is [c]1c(Cc2ccccc2)ccc2cc3ccccc3cc12. The van der Waals surface area contributed by atoms with Crippen LogP contribution in [0, 0.1) is 6.07 Å². The van der Waals surface area contributed by atoms with Gasteiger partial charge in [-0.25, -0.2) is 0 Å². The van der Waals surface area contributed by atoms with Crippen LogP contribution in [0.2, 0.25) is 0 Å². The molecule has 0 aromatic heterocycles. The van der Waals surface area contributed by atoms with Crippen molar-refractivity contribution in [1.29, 1.82) is 0 Å². The highest BCUT2D eigenvalue weighted by Gasteiger charge is 2.01. The summed E-state index contributed by atoms with van der Waals surface area (Å²) in [7, 11) is 0. The van der Waals surface area contributed by atoms with Gasteiger partial charge in [0.2, 0.25) is 0 Å². The minimum absolute atomic E-state index is 0.934. The van der Waals surface area contributed by atoms with Gasteiger partial charge in [0.1, 0.15) is 0 Å². The van der Waals surface area contributed by atoms with Crippen LogP contribution in [0.25, 0.3) is 21.5 Å². The lowest BCUT2D eigenvalue weighted by Crippen LogP contribution is -1.88. The van der Waals surface area contributed by atoms with Crippen molar-refractivity contribution in [1.82, 2.24) is 0 Å². The van der Waals surface area contributed by atoms with E-state index in [-0.39, 0.29) is 0 Å². The molecule has 0 fully saturated rings. The summed E-state index contributed by atoms with van der Waals surface area (Å²) in [6.45, 7) is 0. The van der Waals surface area contributed by atoms with Gasteiger partial charge in [-0.2, -0.15) is 0 Å². The van der Waals surface area contributed by atoms with E-state index >= 15 is 0 Å². The van der Waals surface area contributed by atoms with Gasteiger partial charge in [0.25, 0.3) is 0 Å². The molecule has 1 radical (unpaired) electrons. The monoisotopic (exact) mass is 267 g/mol. The predicted octanol–water partition coefficient (Wildman–Crippen LogP) is 5.38. The molecule has 0 spiro atoms. The molecule has 4 rings (SSSR count). The molecule has 0 atom stereocenters. The van der Waals surface area contributed by atoms with Gasteiger partial charge in [-0.15, -0.1) is 0 Å². The molecule has 99 valence electrons. The fraction of sp³-hybridized carbons (Fsp3) is 0.0476. The van der Waals surface area contributed by atoms with E-state index in [2.05, 4.69) is 84.9 Å². The molecule has 21 heavy (non-hydrogen) atoms. The summed E-state index contributed by atoms with van der Waals surface area (Å²) in [5, 5.41) is 5.01. The van der Waals surface area contributed by atoms with Crippen molar-refractivity contribution in [2.45, 2.75) is 6.42 Å². The maximum atomic E-state index is 3.57. The summed E-state index contributed by atoms with van der Waals surface area (Å²) in [4.78, 5) is 0. The largest absolute Gasteiger partial charge is 0.0622 e. The lowest BCUT2D eigenvalue weighted by atomic mass is 9.99. The van der Waals surface area contributed by atoms with E-state index in [1.54, 1.807) is 0 Å². The van der Waals surface area contributed by atoms with Crippen molar-refractivity contribution < 1.29 is 0 Å². The van der Waals surface area contributed by atoms with E-state index in [0.717, 1.165) is 6.42 Å². The molecule has 0 aliphatic carbocycles. The summed E-state index contributed by atoms with van der Waals surface area (Å²) in [6.07, 6.45) is 0.934.